The van der Waals surface area contributed by atoms with E-state index in [0.29, 0.717) is 24.9 Å². The van der Waals surface area contributed by atoms with Crippen LogP contribution in [0.2, 0.25) is 0 Å². The van der Waals surface area contributed by atoms with Crippen LogP contribution in [0.5, 0.6) is 5.75 Å². The Kier molecular flexibility index (Phi) is 6.20. The second-order valence-electron chi connectivity index (χ2n) is 6.21. The zero-order valence-electron chi connectivity index (χ0n) is 15.0. The molecule has 6 heteroatoms. The van der Waals surface area contributed by atoms with Crippen LogP contribution in [0.4, 0.5) is 4.39 Å². The van der Waals surface area contributed by atoms with E-state index in [1.807, 2.05) is 24.3 Å². The van der Waals surface area contributed by atoms with E-state index < -0.39 is 0 Å². The van der Waals surface area contributed by atoms with Crippen molar-refractivity contribution >= 4 is 17.7 Å². The van der Waals surface area contributed by atoms with Gasteiger partial charge in [-0.15, -0.1) is 0 Å². The lowest BCUT2D eigenvalue weighted by Crippen LogP contribution is -2.31. The largest absolute Gasteiger partial charge is 0.497 e. The van der Waals surface area contributed by atoms with E-state index in [2.05, 4.69) is 10.5 Å². The zero-order chi connectivity index (χ0) is 19.1. The molecule has 0 aliphatic carbocycles. The first kappa shape index (κ1) is 18.6. The molecule has 1 aliphatic rings. The van der Waals surface area contributed by atoms with Gasteiger partial charge in [-0.25, -0.2) is 4.39 Å². The standard InChI is InChI=1S/C21H21FN2O3/c1-26-18-9-6-15(7-10-18)12-17-13-19(27-24-17)14-23-21(25)11-8-16-4-2-3-5-20(16)22/h2-11,19H,12-14H2,1H3,(H,23,25). The fourth-order valence-corrected chi connectivity index (χ4v) is 2.73. The Morgan fingerprint density at radius 3 is 2.81 bits per heavy atom. The number of carbonyl (C=O) groups is 1. The second kappa shape index (κ2) is 8.98. The number of nitrogens with zero attached hydrogens (tertiary/aromatic N) is 1. The summed E-state index contributed by atoms with van der Waals surface area (Å²) in [7, 11) is 1.63. The molecule has 0 saturated heterocycles. The van der Waals surface area contributed by atoms with Crippen molar-refractivity contribution in [3.05, 3.63) is 71.6 Å². The Bertz CT molecular complexity index is 847. The summed E-state index contributed by atoms with van der Waals surface area (Å²) in [5.74, 6) is 0.148. The van der Waals surface area contributed by atoms with Crippen molar-refractivity contribution in [2.45, 2.75) is 18.9 Å². The van der Waals surface area contributed by atoms with Crippen LogP contribution in [0.15, 0.2) is 59.8 Å². The van der Waals surface area contributed by atoms with Gasteiger partial charge in [0.15, 0.2) is 0 Å². The molecular formula is C21H21FN2O3. The predicted octanol–water partition coefficient (Wildman–Crippen LogP) is 3.35. The Labute approximate surface area is 157 Å². The van der Waals surface area contributed by atoms with Crippen molar-refractivity contribution in [3.63, 3.8) is 0 Å². The van der Waals surface area contributed by atoms with Crippen LogP contribution in [-0.4, -0.2) is 31.4 Å². The minimum absolute atomic E-state index is 0.191. The molecular weight excluding hydrogens is 347 g/mol. The topological polar surface area (TPSA) is 59.9 Å². The molecule has 1 amide bonds. The van der Waals surface area contributed by atoms with Crippen molar-refractivity contribution in [1.29, 1.82) is 0 Å². The van der Waals surface area contributed by atoms with Crippen molar-refractivity contribution in [2.24, 2.45) is 5.16 Å². The molecule has 1 heterocycles. The molecule has 0 bridgehead atoms. The minimum atomic E-state index is -0.364. The highest BCUT2D eigenvalue weighted by Gasteiger charge is 2.21. The Hall–Kier alpha value is -3.15. The Morgan fingerprint density at radius 1 is 1.30 bits per heavy atom. The van der Waals surface area contributed by atoms with E-state index in [4.69, 9.17) is 9.57 Å². The minimum Gasteiger partial charge on any atom is -0.497 e. The van der Waals surface area contributed by atoms with Crippen molar-refractivity contribution in [2.75, 3.05) is 13.7 Å². The molecule has 0 fully saturated rings. The zero-order valence-corrected chi connectivity index (χ0v) is 15.0. The van der Waals surface area contributed by atoms with Gasteiger partial charge in [-0.3, -0.25) is 4.79 Å². The number of halogens is 1. The molecule has 5 nitrogen and oxygen atoms in total. The van der Waals surface area contributed by atoms with Gasteiger partial charge >= 0.3 is 0 Å². The van der Waals surface area contributed by atoms with Crippen LogP contribution in [0.25, 0.3) is 6.08 Å². The molecule has 27 heavy (non-hydrogen) atoms. The van der Waals surface area contributed by atoms with Crippen molar-refractivity contribution in [1.82, 2.24) is 5.32 Å². The molecule has 0 saturated carbocycles. The van der Waals surface area contributed by atoms with Crippen LogP contribution in [0.3, 0.4) is 0 Å². The maximum absolute atomic E-state index is 13.5. The summed E-state index contributed by atoms with van der Waals surface area (Å²) in [5, 5.41) is 6.86. The van der Waals surface area contributed by atoms with E-state index in [-0.39, 0.29) is 17.8 Å². The normalized spacial score (nSPS) is 16.1. The number of methoxy groups -OCH3 is 1. The highest BCUT2D eigenvalue weighted by atomic mass is 19.1. The number of oxime groups is 1. The summed E-state index contributed by atoms with van der Waals surface area (Å²) in [6, 6.07) is 14.1. The van der Waals surface area contributed by atoms with E-state index >= 15 is 0 Å². The molecule has 140 valence electrons. The third-order valence-electron chi connectivity index (χ3n) is 4.18. The molecule has 3 rings (SSSR count). The lowest BCUT2D eigenvalue weighted by atomic mass is 10.0. The Morgan fingerprint density at radius 2 is 2.07 bits per heavy atom. The summed E-state index contributed by atoms with van der Waals surface area (Å²) in [4.78, 5) is 17.3. The van der Waals surface area contributed by atoms with E-state index in [9.17, 15) is 9.18 Å². The number of benzene rings is 2. The van der Waals surface area contributed by atoms with Crippen LogP contribution in [-0.2, 0) is 16.1 Å². The van der Waals surface area contributed by atoms with Gasteiger partial charge in [-0.2, -0.15) is 0 Å². The number of hydrogen-bond acceptors (Lipinski definition) is 4. The van der Waals surface area contributed by atoms with Crippen LogP contribution >= 0.6 is 0 Å². The fraction of sp³-hybridized carbons (Fsp3) is 0.238. The molecule has 0 radical (unpaired) electrons. The average Bonchev–Trinajstić information content (AvgIpc) is 3.13. The number of nitrogens with one attached hydrogen (secondary N) is 1. The quantitative estimate of drug-likeness (QED) is 0.763. The predicted molar refractivity (Wildman–Crippen MR) is 102 cm³/mol. The maximum Gasteiger partial charge on any atom is 0.244 e. The summed E-state index contributed by atoms with van der Waals surface area (Å²) >= 11 is 0. The maximum atomic E-state index is 13.5. The lowest BCUT2D eigenvalue weighted by Gasteiger charge is -2.08. The molecule has 2 aromatic carbocycles. The molecule has 1 atom stereocenters. The van der Waals surface area contributed by atoms with Crippen LogP contribution in [0, 0.1) is 5.82 Å². The number of rotatable bonds is 7. The summed E-state index contributed by atoms with van der Waals surface area (Å²) in [6.07, 6.45) is 3.92. The third kappa shape index (κ3) is 5.41. The first-order valence-corrected chi connectivity index (χ1v) is 8.69. The number of carbonyl (C=O) groups excluding carboxylic acids is 1. The van der Waals surface area contributed by atoms with E-state index in [0.717, 1.165) is 17.0 Å². The molecule has 1 unspecified atom stereocenters. The summed E-state index contributed by atoms with van der Waals surface area (Å²) in [5.41, 5.74) is 2.42. The lowest BCUT2D eigenvalue weighted by molar-refractivity contribution is -0.117. The van der Waals surface area contributed by atoms with Crippen LogP contribution in [0.1, 0.15) is 17.5 Å². The first-order valence-electron chi connectivity index (χ1n) is 8.69. The van der Waals surface area contributed by atoms with Crippen molar-refractivity contribution < 1.29 is 18.8 Å². The summed E-state index contributed by atoms with van der Waals surface area (Å²) < 4.78 is 18.7. The Balaban J connectivity index is 1.42. The molecule has 0 spiro atoms. The number of amides is 1. The number of hydrogen-bond donors (Lipinski definition) is 1. The van der Waals surface area contributed by atoms with Gasteiger partial charge in [0.1, 0.15) is 17.7 Å². The SMILES string of the molecule is COc1ccc(CC2=NOC(CNC(=O)C=Cc3ccccc3F)C2)cc1. The molecule has 2 aromatic rings. The van der Waals surface area contributed by atoms with Crippen molar-refractivity contribution in [3.8, 4) is 5.75 Å². The smallest absolute Gasteiger partial charge is 0.244 e. The van der Waals surface area contributed by atoms with Gasteiger partial charge in [0, 0.05) is 24.5 Å². The third-order valence-corrected chi connectivity index (χ3v) is 4.18. The highest BCUT2D eigenvalue weighted by molar-refractivity contribution is 5.92. The van der Waals surface area contributed by atoms with Gasteiger partial charge < -0.3 is 14.9 Å². The molecule has 1 aliphatic heterocycles. The van der Waals surface area contributed by atoms with Crippen LogP contribution < -0.4 is 10.1 Å². The van der Waals surface area contributed by atoms with Gasteiger partial charge in [-0.1, -0.05) is 35.5 Å². The van der Waals surface area contributed by atoms with Gasteiger partial charge in [0.2, 0.25) is 5.91 Å². The molecule has 0 aromatic heterocycles. The number of ether oxygens (including phenoxy) is 1. The first-order chi connectivity index (χ1) is 13.1. The average molecular weight is 368 g/mol. The fourth-order valence-electron chi connectivity index (χ4n) is 2.73. The van der Waals surface area contributed by atoms with Gasteiger partial charge in [0.25, 0.3) is 0 Å². The van der Waals surface area contributed by atoms with Gasteiger partial charge in [-0.05, 0) is 29.8 Å². The second-order valence-corrected chi connectivity index (χ2v) is 6.21. The summed E-state index contributed by atoms with van der Waals surface area (Å²) in [6.45, 7) is 0.343. The van der Waals surface area contributed by atoms with E-state index in [1.165, 1.54) is 18.2 Å². The van der Waals surface area contributed by atoms with E-state index in [1.54, 1.807) is 25.3 Å². The monoisotopic (exact) mass is 368 g/mol. The highest BCUT2D eigenvalue weighted by Crippen LogP contribution is 2.16. The van der Waals surface area contributed by atoms with Gasteiger partial charge in [0.05, 0.1) is 19.4 Å². The molecule has 1 N–H and O–H groups in total.